The Labute approximate surface area is 141 Å². The summed E-state index contributed by atoms with van der Waals surface area (Å²) in [5.74, 6) is 0.341. The topological polar surface area (TPSA) is 59.5 Å². The van der Waals surface area contributed by atoms with Crippen molar-refractivity contribution in [2.45, 2.75) is 39.4 Å². The molecule has 0 unspecified atom stereocenters. The minimum Gasteiger partial charge on any atom is -0.469 e. The van der Waals surface area contributed by atoms with E-state index < -0.39 is 12.0 Å². The zero-order chi connectivity index (χ0) is 17.8. The Bertz CT molecular complexity index is 943. The van der Waals surface area contributed by atoms with Gasteiger partial charge in [-0.05, 0) is 26.3 Å². The van der Waals surface area contributed by atoms with Crippen molar-refractivity contribution in [3.63, 3.8) is 0 Å². The molecule has 0 atom stereocenters. The van der Waals surface area contributed by atoms with E-state index in [1.807, 2.05) is 17.9 Å². The van der Waals surface area contributed by atoms with Crippen LogP contribution in [0.3, 0.4) is 0 Å². The average molecular weight is 351 g/mol. The third kappa shape index (κ3) is 2.54. The van der Waals surface area contributed by atoms with Crippen LogP contribution in [0.1, 0.15) is 34.7 Å². The Kier molecular flexibility index (Phi) is 3.48. The maximum atomic E-state index is 13.2. The molecule has 1 aliphatic rings. The monoisotopic (exact) mass is 351 g/mol. The van der Waals surface area contributed by atoms with E-state index in [1.165, 1.54) is 0 Å². The molecule has 132 valence electrons. The lowest BCUT2D eigenvalue weighted by Crippen LogP contribution is -2.26. The van der Waals surface area contributed by atoms with E-state index in [9.17, 15) is 13.2 Å². The first-order valence-corrected chi connectivity index (χ1v) is 7.96. The van der Waals surface area contributed by atoms with Gasteiger partial charge in [0, 0.05) is 36.2 Å². The maximum absolute atomic E-state index is 13.2. The van der Waals surface area contributed by atoms with E-state index in [2.05, 4.69) is 15.3 Å². The maximum Gasteiger partial charge on any atom is 0.453 e. The van der Waals surface area contributed by atoms with Crippen LogP contribution in [-0.2, 0) is 19.1 Å². The molecular weight excluding hydrogens is 335 g/mol. The van der Waals surface area contributed by atoms with Crippen LogP contribution in [-0.4, -0.2) is 26.4 Å². The molecule has 4 rings (SSSR count). The Morgan fingerprint density at radius 1 is 1.16 bits per heavy atom. The van der Waals surface area contributed by atoms with Crippen LogP contribution in [0.4, 0.5) is 19.0 Å². The molecule has 0 spiro atoms. The molecule has 1 aliphatic heterocycles. The van der Waals surface area contributed by atoms with Crippen molar-refractivity contribution in [1.29, 1.82) is 0 Å². The minimum absolute atomic E-state index is 0.132. The summed E-state index contributed by atoms with van der Waals surface area (Å²) in [7, 11) is 0. The van der Waals surface area contributed by atoms with E-state index in [1.54, 1.807) is 13.2 Å². The Morgan fingerprint density at radius 2 is 1.96 bits per heavy atom. The number of anilines is 1. The average Bonchev–Trinajstić information content (AvgIpc) is 3.12. The highest BCUT2D eigenvalue weighted by molar-refractivity contribution is 5.59. The van der Waals surface area contributed by atoms with Crippen molar-refractivity contribution >= 4 is 11.5 Å². The number of hydrogen-bond donors (Lipinski definition) is 0. The molecule has 0 saturated heterocycles. The van der Waals surface area contributed by atoms with Gasteiger partial charge in [-0.25, -0.2) is 0 Å². The first kappa shape index (κ1) is 15.9. The van der Waals surface area contributed by atoms with Crippen LogP contribution in [0.15, 0.2) is 16.7 Å². The Morgan fingerprint density at radius 3 is 2.72 bits per heavy atom. The SMILES string of the molecule is Cc1c(N2CCCc3occc3C2)nn2c(C(F)(F)F)nnc2c1C. The van der Waals surface area contributed by atoms with Crippen molar-refractivity contribution in [2.24, 2.45) is 0 Å². The van der Waals surface area contributed by atoms with Crippen LogP contribution >= 0.6 is 0 Å². The van der Waals surface area contributed by atoms with Crippen LogP contribution in [0, 0.1) is 13.8 Å². The second kappa shape index (κ2) is 5.47. The van der Waals surface area contributed by atoms with E-state index in [-0.39, 0.29) is 5.65 Å². The predicted molar refractivity (Wildman–Crippen MR) is 83.3 cm³/mol. The second-order valence-electron chi connectivity index (χ2n) is 6.22. The molecule has 9 heteroatoms. The normalized spacial score (nSPS) is 15.5. The van der Waals surface area contributed by atoms with E-state index in [0.717, 1.165) is 34.2 Å². The Balaban J connectivity index is 1.85. The number of rotatable bonds is 1. The third-order valence-electron chi connectivity index (χ3n) is 4.65. The molecule has 0 fully saturated rings. The number of aryl methyl sites for hydroxylation is 2. The summed E-state index contributed by atoms with van der Waals surface area (Å²) >= 11 is 0. The van der Waals surface area contributed by atoms with Gasteiger partial charge >= 0.3 is 6.18 Å². The number of halogens is 3. The summed E-state index contributed by atoms with van der Waals surface area (Å²) in [5.41, 5.74) is 2.62. The summed E-state index contributed by atoms with van der Waals surface area (Å²) < 4.78 is 45.8. The summed E-state index contributed by atoms with van der Waals surface area (Å²) in [4.78, 5) is 1.99. The molecule has 0 N–H and O–H groups in total. The minimum atomic E-state index is -4.61. The third-order valence-corrected chi connectivity index (χ3v) is 4.65. The highest BCUT2D eigenvalue weighted by atomic mass is 19.4. The van der Waals surface area contributed by atoms with Gasteiger partial charge in [0.05, 0.1) is 6.26 Å². The van der Waals surface area contributed by atoms with Crippen LogP contribution < -0.4 is 4.90 Å². The fraction of sp³-hybridized carbons (Fsp3) is 0.438. The molecule has 3 aromatic heterocycles. The number of furan rings is 1. The van der Waals surface area contributed by atoms with Crippen LogP contribution in [0.5, 0.6) is 0 Å². The first-order valence-electron chi connectivity index (χ1n) is 7.96. The molecule has 4 heterocycles. The molecule has 0 radical (unpaired) electrons. The highest BCUT2D eigenvalue weighted by Crippen LogP contribution is 2.32. The predicted octanol–water partition coefficient (Wildman–Crippen LogP) is 3.31. The van der Waals surface area contributed by atoms with Crippen molar-refractivity contribution in [3.8, 4) is 0 Å². The lowest BCUT2D eigenvalue weighted by atomic mass is 10.1. The second-order valence-corrected chi connectivity index (χ2v) is 6.22. The van der Waals surface area contributed by atoms with Crippen molar-refractivity contribution in [1.82, 2.24) is 19.8 Å². The lowest BCUT2D eigenvalue weighted by Gasteiger charge is -2.24. The number of hydrogen-bond acceptors (Lipinski definition) is 5. The van der Waals surface area contributed by atoms with E-state index >= 15 is 0 Å². The highest BCUT2D eigenvalue weighted by Gasteiger charge is 2.38. The largest absolute Gasteiger partial charge is 0.469 e. The van der Waals surface area contributed by atoms with Gasteiger partial charge in [0.25, 0.3) is 5.82 Å². The van der Waals surface area contributed by atoms with Gasteiger partial charge < -0.3 is 9.32 Å². The fourth-order valence-electron chi connectivity index (χ4n) is 3.21. The van der Waals surface area contributed by atoms with Crippen LogP contribution in [0.25, 0.3) is 5.65 Å². The van der Waals surface area contributed by atoms with Crippen molar-refractivity contribution in [3.05, 3.63) is 40.6 Å². The van der Waals surface area contributed by atoms with Crippen molar-refractivity contribution < 1.29 is 17.6 Å². The molecule has 0 saturated carbocycles. The Hall–Kier alpha value is -2.58. The standard InChI is InChI=1S/C16H16F3N5O/c1-9-10(2)14(22-24-13(9)20-21-15(24)16(17,18)19)23-6-3-4-12-11(8-23)5-7-25-12/h5,7H,3-4,6,8H2,1-2H3. The van der Waals surface area contributed by atoms with Gasteiger partial charge in [0.1, 0.15) is 5.76 Å². The van der Waals surface area contributed by atoms with Crippen molar-refractivity contribution in [2.75, 3.05) is 11.4 Å². The van der Waals surface area contributed by atoms with E-state index in [0.29, 0.717) is 24.5 Å². The zero-order valence-corrected chi connectivity index (χ0v) is 13.8. The zero-order valence-electron chi connectivity index (χ0n) is 13.8. The van der Waals surface area contributed by atoms with Gasteiger partial charge in [-0.3, -0.25) is 0 Å². The molecule has 0 amide bonds. The molecule has 3 aromatic rings. The summed E-state index contributed by atoms with van der Waals surface area (Å²) in [6.45, 7) is 4.83. The molecule has 25 heavy (non-hydrogen) atoms. The lowest BCUT2D eigenvalue weighted by molar-refractivity contribution is -0.146. The molecule has 0 aromatic carbocycles. The molecule has 0 bridgehead atoms. The number of nitrogens with zero attached hydrogens (tertiary/aromatic N) is 5. The number of fused-ring (bicyclic) bond motifs is 2. The number of alkyl halides is 3. The van der Waals surface area contributed by atoms with Gasteiger partial charge in [-0.15, -0.1) is 15.3 Å². The summed E-state index contributed by atoms with van der Waals surface area (Å²) in [6, 6.07) is 1.90. The fourth-order valence-corrected chi connectivity index (χ4v) is 3.21. The summed E-state index contributed by atoms with van der Waals surface area (Å²) in [5, 5.41) is 11.2. The van der Waals surface area contributed by atoms with Gasteiger partial charge in [0.15, 0.2) is 11.5 Å². The summed E-state index contributed by atoms with van der Waals surface area (Å²) in [6.07, 6.45) is -1.32. The van der Waals surface area contributed by atoms with Crippen LogP contribution in [0.2, 0.25) is 0 Å². The van der Waals surface area contributed by atoms with Gasteiger partial charge in [-0.1, -0.05) is 0 Å². The molecule has 6 nitrogen and oxygen atoms in total. The molecule has 0 aliphatic carbocycles. The van der Waals surface area contributed by atoms with E-state index in [4.69, 9.17) is 4.42 Å². The quantitative estimate of drug-likeness (QED) is 0.673. The van der Waals surface area contributed by atoms with Gasteiger partial charge in [0.2, 0.25) is 0 Å². The first-order chi connectivity index (χ1) is 11.9. The van der Waals surface area contributed by atoms with Gasteiger partial charge in [-0.2, -0.15) is 17.7 Å². The smallest absolute Gasteiger partial charge is 0.453 e. The number of aromatic nitrogens is 4. The molecular formula is C16H16F3N5O.